The summed E-state index contributed by atoms with van der Waals surface area (Å²) in [4.78, 5) is 8.91. The van der Waals surface area contributed by atoms with Crippen LogP contribution in [0.4, 0.5) is 0 Å². The van der Waals surface area contributed by atoms with E-state index in [9.17, 15) is 0 Å². The predicted molar refractivity (Wildman–Crippen MR) is 189 cm³/mol. The van der Waals surface area contributed by atoms with Crippen LogP contribution in [0.2, 0.25) is 0 Å². The fourth-order valence-electron chi connectivity index (χ4n) is 5.20. The van der Waals surface area contributed by atoms with Gasteiger partial charge in [-0.05, 0) is 81.8 Å². The Kier molecular flexibility index (Phi) is 9.15. The SMILES string of the molecule is C=C(/C=C\C=C/Cc1cc(Br)cc(-c2ccccc2-c2ccc(-c3ccccn3)cc2)c1)c1ccc(-c2ccccn2)cc1. The third-order valence-electron chi connectivity index (χ3n) is 7.47. The van der Waals surface area contributed by atoms with Gasteiger partial charge in [0.05, 0.1) is 11.4 Å². The van der Waals surface area contributed by atoms with E-state index < -0.39 is 0 Å². The van der Waals surface area contributed by atoms with E-state index in [1.54, 1.807) is 0 Å². The van der Waals surface area contributed by atoms with Gasteiger partial charge in [-0.1, -0.05) is 138 Å². The Bertz CT molecular complexity index is 1920. The number of benzene rings is 4. The van der Waals surface area contributed by atoms with Crippen LogP contribution in [0.25, 0.3) is 50.3 Å². The number of allylic oxidation sites excluding steroid dienone is 5. The molecule has 2 aromatic heterocycles. The van der Waals surface area contributed by atoms with Gasteiger partial charge in [0.2, 0.25) is 0 Å². The highest BCUT2D eigenvalue weighted by molar-refractivity contribution is 9.10. The molecule has 0 aliphatic heterocycles. The van der Waals surface area contributed by atoms with Crippen LogP contribution in [0.1, 0.15) is 11.1 Å². The maximum absolute atomic E-state index is 4.49. The van der Waals surface area contributed by atoms with Crippen LogP contribution in [0.5, 0.6) is 0 Å². The molecular weight excluding hydrogens is 600 g/mol. The van der Waals surface area contributed by atoms with Gasteiger partial charge in [-0.15, -0.1) is 0 Å². The van der Waals surface area contributed by atoms with Gasteiger partial charge in [0.15, 0.2) is 0 Å². The van der Waals surface area contributed by atoms with Crippen molar-refractivity contribution in [2.24, 2.45) is 0 Å². The van der Waals surface area contributed by atoms with Gasteiger partial charge < -0.3 is 0 Å². The Morgan fingerprint density at radius 2 is 1.16 bits per heavy atom. The molecule has 0 aliphatic rings. The Hall–Kier alpha value is -5.12. The molecule has 0 fully saturated rings. The van der Waals surface area contributed by atoms with Crippen LogP contribution in [0, 0.1) is 0 Å². The van der Waals surface area contributed by atoms with Gasteiger partial charge in [0.1, 0.15) is 0 Å². The molecule has 6 rings (SSSR count). The van der Waals surface area contributed by atoms with E-state index in [0.29, 0.717) is 0 Å². The third-order valence-corrected chi connectivity index (χ3v) is 7.92. The third kappa shape index (κ3) is 7.08. The van der Waals surface area contributed by atoms with Crippen molar-refractivity contribution in [1.29, 1.82) is 0 Å². The molecule has 0 saturated heterocycles. The molecule has 0 amide bonds. The van der Waals surface area contributed by atoms with Crippen molar-refractivity contribution < 1.29 is 0 Å². The van der Waals surface area contributed by atoms with Crippen molar-refractivity contribution in [2.45, 2.75) is 6.42 Å². The minimum Gasteiger partial charge on any atom is -0.256 e. The lowest BCUT2D eigenvalue weighted by Gasteiger charge is -2.13. The molecule has 0 spiro atoms. The summed E-state index contributed by atoms with van der Waals surface area (Å²) in [5.41, 5.74) is 12.2. The molecular formula is C41H31BrN2. The van der Waals surface area contributed by atoms with Crippen molar-refractivity contribution in [3.8, 4) is 44.8 Å². The van der Waals surface area contributed by atoms with Crippen LogP contribution in [-0.2, 0) is 6.42 Å². The van der Waals surface area contributed by atoms with Gasteiger partial charge >= 0.3 is 0 Å². The molecule has 0 radical (unpaired) electrons. The minimum atomic E-state index is 0.822. The number of pyridine rings is 2. The normalized spacial score (nSPS) is 11.3. The number of aromatic nitrogens is 2. The standard InChI is InChI=1S/C41H31BrN2/c1-30(32-17-21-34(22-18-32)40-15-7-9-25-43-40)11-3-2-4-12-31-27-36(29-37(42)28-31)39-14-6-5-13-38(39)33-19-23-35(24-20-33)41-16-8-10-26-44-41/h2-11,13-29H,1,12H2/b4-2-,11-3-. The molecule has 0 N–H and O–H groups in total. The second-order valence-corrected chi connectivity index (χ2v) is 11.4. The van der Waals surface area contributed by atoms with E-state index >= 15 is 0 Å². The molecule has 0 aliphatic carbocycles. The quantitative estimate of drug-likeness (QED) is 0.148. The van der Waals surface area contributed by atoms with Crippen molar-refractivity contribution in [2.75, 3.05) is 0 Å². The predicted octanol–water partition coefficient (Wildman–Crippen LogP) is 11.3. The van der Waals surface area contributed by atoms with E-state index in [0.717, 1.165) is 44.5 Å². The summed E-state index contributed by atoms with van der Waals surface area (Å²) < 4.78 is 1.07. The Morgan fingerprint density at radius 1 is 0.591 bits per heavy atom. The highest BCUT2D eigenvalue weighted by atomic mass is 79.9. The van der Waals surface area contributed by atoms with Crippen LogP contribution in [-0.4, -0.2) is 9.97 Å². The minimum absolute atomic E-state index is 0.822. The topological polar surface area (TPSA) is 25.8 Å². The lowest BCUT2D eigenvalue weighted by Crippen LogP contribution is -1.89. The number of nitrogens with zero attached hydrogens (tertiary/aromatic N) is 2. The first-order chi connectivity index (χ1) is 21.6. The first-order valence-electron chi connectivity index (χ1n) is 14.6. The Morgan fingerprint density at radius 3 is 1.77 bits per heavy atom. The highest BCUT2D eigenvalue weighted by Crippen LogP contribution is 2.35. The molecule has 2 heterocycles. The van der Waals surface area contributed by atoms with E-state index in [2.05, 4.69) is 142 Å². The second-order valence-electron chi connectivity index (χ2n) is 10.5. The summed E-state index contributed by atoms with van der Waals surface area (Å²) in [5, 5.41) is 0. The zero-order valence-corrected chi connectivity index (χ0v) is 25.9. The molecule has 0 bridgehead atoms. The molecule has 44 heavy (non-hydrogen) atoms. The first kappa shape index (κ1) is 29.0. The van der Waals surface area contributed by atoms with Gasteiger partial charge in [-0.3, -0.25) is 9.97 Å². The van der Waals surface area contributed by atoms with Gasteiger partial charge in [-0.2, -0.15) is 0 Å². The summed E-state index contributed by atoms with van der Waals surface area (Å²) in [5.74, 6) is 0. The summed E-state index contributed by atoms with van der Waals surface area (Å²) >= 11 is 3.75. The van der Waals surface area contributed by atoms with E-state index in [-0.39, 0.29) is 0 Å². The second kappa shape index (κ2) is 13.9. The number of hydrogen-bond acceptors (Lipinski definition) is 2. The summed E-state index contributed by atoms with van der Waals surface area (Å²) in [7, 11) is 0. The van der Waals surface area contributed by atoms with Crippen molar-refractivity contribution in [3.05, 3.63) is 186 Å². The fraction of sp³-hybridized carbons (Fsp3) is 0.0244. The van der Waals surface area contributed by atoms with Crippen molar-refractivity contribution >= 4 is 21.5 Å². The largest absolute Gasteiger partial charge is 0.256 e. The van der Waals surface area contributed by atoms with E-state index in [4.69, 9.17) is 0 Å². The number of rotatable bonds is 9. The highest BCUT2D eigenvalue weighted by Gasteiger charge is 2.10. The Balaban J connectivity index is 1.14. The van der Waals surface area contributed by atoms with E-state index in [1.807, 2.05) is 54.9 Å². The van der Waals surface area contributed by atoms with Gasteiger partial charge in [-0.25, -0.2) is 0 Å². The molecule has 0 atom stereocenters. The first-order valence-corrected chi connectivity index (χ1v) is 15.4. The molecule has 6 aromatic rings. The van der Waals surface area contributed by atoms with Gasteiger partial charge in [0.25, 0.3) is 0 Å². The lowest BCUT2D eigenvalue weighted by atomic mass is 9.92. The molecule has 0 saturated carbocycles. The smallest absolute Gasteiger partial charge is 0.0701 e. The van der Waals surface area contributed by atoms with Crippen molar-refractivity contribution in [3.63, 3.8) is 0 Å². The van der Waals surface area contributed by atoms with E-state index in [1.165, 1.54) is 27.8 Å². The Labute approximate surface area is 268 Å². The maximum Gasteiger partial charge on any atom is 0.0701 e. The molecule has 212 valence electrons. The fourth-order valence-corrected chi connectivity index (χ4v) is 5.74. The van der Waals surface area contributed by atoms with Crippen molar-refractivity contribution in [1.82, 2.24) is 9.97 Å². The average Bonchev–Trinajstić information content (AvgIpc) is 3.09. The zero-order chi connectivity index (χ0) is 30.1. The summed E-state index contributed by atoms with van der Waals surface area (Å²) in [6.07, 6.45) is 12.8. The molecule has 4 aromatic carbocycles. The number of hydrogen-bond donors (Lipinski definition) is 0. The molecule has 0 unspecified atom stereocenters. The maximum atomic E-state index is 4.49. The van der Waals surface area contributed by atoms with Crippen LogP contribution < -0.4 is 0 Å². The summed E-state index contributed by atoms with van der Waals surface area (Å²) in [6, 6.07) is 44.2. The molecule has 3 heteroatoms. The monoisotopic (exact) mass is 630 g/mol. The number of halogens is 1. The average molecular weight is 632 g/mol. The summed E-state index contributed by atoms with van der Waals surface area (Å²) in [6.45, 7) is 4.25. The zero-order valence-electron chi connectivity index (χ0n) is 24.3. The lowest BCUT2D eigenvalue weighted by molar-refractivity contribution is 1.26. The van der Waals surface area contributed by atoms with Crippen LogP contribution in [0.3, 0.4) is 0 Å². The van der Waals surface area contributed by atoms with Gasteiger partial charge in [0, 0.05) is 28.0 Å². The van der Waals surface area contributed by atoms with Crippen LogP contribution >= 0.6 is 15.9 Å². The van der Waals surface area contributed by atoms with Crippen LogP contribution in [0.15, 0.2) is 175 Å². The molecule has 2 nitrogen and oxygen atoms in total.